The van der Waals surface area contributed by atoms with Gasteiger partial charge in [0.1, 0.15) is 6.04 Å². The van der Waals surface area contributed by atoms with Crippen LogP contribution in [0.15, 0.2) is 23.1 Å². The van der Waals surface area contributed by atoms with Gasteiger partial charge >= 0.3 is 0 Å². The van der Waals surface area contributed by atoms with Crippen molar-refractivity contribution in [2.45, 2.75) is 37.6 Å². The van der Waals surface area contributed by atoms with Gasteiger partial charge in [-0.1, -0.05) is 19.9 Å². The van der Waals surface area contributed by atoms with Crippen LogP contribution in [0.1, 0.15) is 26.7 Å². The molecule has 0 saturated carbocycles. The van der Waals surface area contributed by atoms with Crippen molar-refractivity contribution in [2.75, 3.05) is 23.0 Å². The number of benzene rings is 1. The average molecular weight is 308 g/mol. The van der Waals surface area contributed by atoms with E-state index in [1.807, 2.05) is 6.07 Å². The molecule has 1 amide bonds. The van der Waals surface area contributed by atoms with Crippen molar-refractivity contribution in [3.63, 3.8) is 0 Å². The summed E-state index contributed by atoms with van der Waals surface area (Å²) in [7, 11) is -3.38. The number of carbonyl (C=O) groups is 1. The monoisotopic (exact) mass is 308 g/mol. The minimum atomic E-state index is -3.38. The third-order valence-corrected chi connectivity index (χ3v) is 5.62. The van der Waals surface area contributed by atoms with Crippen molar-refractivity contribution >= 4 is 27.1 Å². The van der Waals surface area contributed by atoms with Gasteiger partial charge in [-0.15, -0.1) is 0 Å². The van der Waals surface area contributed by atoms with Crippen LogP contribution in [-0.2, 0) is 14.6 Å². The summed E-state index contributed by atoms with van der Waals surface area (Å²) in [6.45, 7) is 4.96. The summed E-state index contributed by atoms with van der Waals surface area (Å²) in [5.74, 6) is -0.108. The lowest BCUT2D eigenvalue weighted by molar-refractivity contribution is -0.120. The lowest BCUT2D eigenvalue weighted by Crippen LogP contribution is -2.58. The van der Waals surface area contributed by atoms with Gasteiger partial charge in [0.2, 0.25) is 5.91 Å². The van der Waals surface area contributed by atoms with Crippen LogP contribution < -0.4 is 10.2 Å². The second kappa shape index (κ2) is 4.47. The highest BCUT2D eigenvalue weighted by Crippen LogP contribution is 2.45. The molecule has 0 aliphatic carbocycles. The van der Waals surface area contributed by atoms with E-state index in [9.17, 15) is 13.2 Å². The highest BCUT2D eigenvalue weighted by molar-refractivity contribution is 7.90. The molecule has 1 unspecified atom stereocenters. The van der Waals surface area contributed by atoms with Crippen molar-refractivity contribution < 1.29 is 13.2 Å². The first kappa shape index (κ1) is 14.4. The fraction of sp³-hybridized carbons (Fsp3) is 0.533. The molecule has 5 nitrogen and oxygen atoms in total. The normalized spacial score (nSPS) is 24.0. The summed E-state index contributed by atoms with van der Waals surface area (Å²) in [5, 5.41) is 2.83. The molecule has 0 spiro atoms. The number of para-hydroxylation sites is 1. The summed E-state index contributed by atoms with van der Waals surface area (Å²) < 4.78 is 23.9. The molecular weight excluding hydrogens is 288 g/mol. The minimum absolute atomic E-state index is 0.108. The van der Waals surface area contributed by atoms with Crippen LogP contribution in [-0.4, -0.2) is 33.2 Å². The second-order valence-electron chi connectivity index (χ2n) is 6.60. The number of anilines is 2. The Bertz CT molecular complexity index is 710. The molecule has 0 bridgehead atoms. The number of piperidine rings is 1. The maximum atomic E-state index is 12.5. The number of fused-ring (bicyclic) bond motifs is 3. The van der Waals surface area contributed by atoms with E-state index < -0.39 is 9.84 Å². The van der Waals surface area contributed by atoms with E-state index in [-0.39, 0.29) is 22.3 Å². The highest BCUT2D eigenvalue weighted by Gasteiger charge is 2.46. The number of nitrogens with one attached hydrogen (secondary N) is 1. The number of carbonyl (C=O) groups excluding carboxylic acids is 1. The first-order valence-electron chi connectivity index (χ1n) is 7.12. The Morgan fingerprint density at radius 2 is 2.05 bits per heavy atom. The molecule has 2 aliphatic rings. The third-order valence-electron chi connectivity index (χ3n) is 4.48. The summed E-state index contributed by atoms with van der Waals surface area (Å²) in [6.07, 6.45) is 3.16. The molecule has 1 atom stereocenters. The fourth-order valence-corrected chi connectivity index (χ4v) is 4.39. The number of hydrogen-bond donors (Lipinski definition) is 1. The van der Waals surface area contributed by atoms with Crippen molar-refractivity contribution in [1.82, 2.24) is 0 Å². The largest absolute Gasteiger partial charge is 0.357 e. The molecule has 6 heteroatoms. The Kier molecular flexibility index (Phi) is 3.06. The van der Waals surface area contributed by atoms with Crippen LogP contribution >= 0.6 is 0 Å². The molecule has 1 aromatic carbocycles. The Morgan fingerprint density at radius 3 is 2.71 bits per heavy atom. The van der Waals surface area contributed by atoms with Crippen molar-refractivity contribution in [3.8, 4) is 0 Å². The fourth-order valence-electron chi connectivity index (χ4n) is 3.53. The van der Waals surface area contributed by atoms with Crippen LogP contribution in [0.5, 0.6) is 0 Å². The van der Waals surface area contributed by atoms with Crippen LogP contribution in [0.25, 0.3) is 0 Å². The zero-order valence-corrected chi connectivity index (χ0v) is 13.3. The molecule has 1 N–H and O–H groups in total. The van der Waals surface area contributed by atoms with Gasteiger partial charge in [0.15, 0.2) is 9.84 Å². The Labute approximate surface area is 125 Å². The van der Waals surface area contributed by atoms with Gasteiger partial charge in [-0.05, 0) is 30.4 Å². The number of hydrogen-bond acceptors (Lipinski definition) is 4. The molecule has 21 heavy (non-hydrogen) atoms. The standard InChI is InChI=1S/C15H20N2O3S/c1-15(2)8-5-9-17-10-6-4-7-11(21(3,19)20)12(10)16-14(18)13(15)17/h4,6-7,13H,5,8-9H2,1-3H3,(H,16,18). The Balaban J connectivity index is 2.19. The van der Waals surface area contributed by atoms with Crippen LogP contribution in [0.4, 0.5) is 11.4 Å². The van der Waals surface area contributed by atoms with Crippen LogP contribution in [0.3, 0.4) is 0 Å². The van der Waals surface area contributed by atoms with Gasteiger partial charge in [0.25, 0.3) is 0 Å². The van der Waals surface area contributed by atoms with E-state index in [0.29, 0.717) is 5.69 Å². The Morgan fingerprint density at radius 1 is 1.33 bits per heavy atom. The van der Waals surface area contributed by atoms with Crippen LogP contribution in [0, 0.1) is 5.41 Å². The predicted molar refractivity (Wildman–Crippen MR) is 82.3 cm³/mol. The summed E-state index contributed by atoms with van der Waals surface area (Å²) >= 11 is 0. The number of amides is 1. The van der Waals surface area contributed by atoms with E-state index in [0.717, 1.165) is 25.1 Å². The molecular formula is C15H20N2O3S. The Hall–Kier alpha value is -1.56. The topological polar surface area (TPSA) is 66.5 Å². The zero-order chi connectivity index (χ0) is 15.4. The second-order valence-corrected chi connectivity index (χ2v) is 8.58. The van der Waals surface area contributed by atoms with Gasteiger partial charge < -0.3 is 10.2 Å². The van der Waals surface area contributed by atoms with Crippen molar-refractivity contribution in [1.29, 1.82) is 0 Å². The van der Waals surface area contributed by atoms with E-state index in [1.54, 1.807) is 12.1 Å². The van der Waals surface area contributed by atoms with Gasteiger partial charge in [0.05, 0.1) is 16.3 Å². The van der Waals surface area contributed by atoms with Crippen molar-refractivity contribution in [3.05, 3.63) is 18.2 Å². The lowest BCUT2D eigenvalue weighted by atomic mass is 9.75. The molecule has 0 radical (unpaired) electrons. The van der Waals surface area contributed by atoms with E-state index in [4.69, 9.17) is 0 Å². The van der Waals surface area contributed by atoms with Crippen molar-refractivity contribution in [2.24, 2.45) is 5.41 Å². The summed E-state index contributed by atoms with van der Waals surface area (Å²) in [6, 6.07) is 4.93. The van der Waals surface area contributed by atoms with E-state index in [2.05, 4.69) is 24.1 Å². The molecule has 2 heterocycles. The van der Waals surface area contributed by atoms with Gasteiger partial charge in [-0.25, -0.2) is 8.42 Å². The predicted octanol–water partition coefficient (Wildman–Crippen LogP) is 2.04. The zero-order valence-electron chi connectivity index (χ0n) is 12.5. The molecule has 3 rings (SSSR count). The van der Waals surface area contributed by atoms with Gasteiger partial charge in [-0.3, -0.25) is 4.79 Å². The maximum absolute atomic E-state index is 12.5. The SMILES string of the molecule is CC1(C)CCCN2c3cccc(S(C)(=O)=O)c3NC(=O)C21. The molecule has 0 aromatic heterocycles. The summed E-state index contributed by atoms with van der Waals surface area (Å²) in [5.41, 5.74) is 1.12. The van der Waals surface area contributed by atoms with E-state index >= 15 is 0 Å². The summed E-state index contributed by atoms with van der Waals surface area (Å²) in [4.78, 5) is 14.8. The molecule has 1 fully saturated rings. The smallest absolute Gasteiger partial charge is 0.247 e. The van der Waals surface area contributed by atoms with Gasteiger partial charge in [-0.2, -0.15) is 0 Å². The molecule has 114 valence electrons. The first-order chi connectivity index (χ1) is 9.72. The number of rotatable bonds is 1. The molecule has 1 aromatic rings. The van der Waals surface area contributed by atoms with E-state index in [1.165, 1.54) is 6.26 Å². The molecule has 2 aliphatic heterocycles. The quantitative estimate of drug-likeness (QED) is 0.862. The number of nitrogens with zero attached hydrogens (tertiary/aromatic N) is 1. The highest BCUT2D eigenvalue weighted by atomic mass is 32.2. The third kappa shape index (κ3) is 2.21. The van der Waals surface area contributed by atoms with Gasteiger partial charge in [0, 0.05) is 12.8 Å². The maximum Gasteiger partial charge on any atom is 0.247 e. The van der Waals surface area contributed by atoms with Crippen LogP contribution in [0.2, 0.25) is 0 Å². The lowest BCUT2D eigenvalue weighted by Gasteiger charge is -2.49. The first-order valence-corrected chi connectivity index (χ1v) is 9.01. The number of sulfone groups is 1. The minimum Gasteiger partial charge on any atom is -0.357 e. The molecule has 1 saturated heterocycles. The average Bonchev–Trinajstić information content (AvgIpc) is 2.35.